The number of aliphatic carboxylic acids is 1. The number of thiophene rings is 1. The van der Waals surface area contributed by atoms with Crippen LogP contribution in [-0.2, 0) is 4.79 Å². The van der Waals surface area contributed by atoms with E-state index in [-0.39, 0.29) is 5.91 Å². The number of piperazine rings is 1. The maximum Gasteiger partial charge on any atom is 0.328 e. The van der Waals surface area contributed by atoms with Crippen molar-refractivity contribution in [3.8, 4) is 0 Å². The van der Waals surface area contributed by atoms with Crippen LogP contribution in [0.2, 0.25) is 0 Å². The number of hydrogen-bond acceptors (Lipinski definition) is 4. The first-order valence-corrected chi connectivity index (χ1v) is 8.05. The lowest BCUT2D eigenvalue weighted by Crippen LogP contribution is -2.52. The first-order valence-electron chi connectivity index (χ1n) is 7.17. The molecule has 1 aromatic heterocycles. The quantitative estimate of drug-likeness (QED) is 0.865. The molecule has 112 valence electrons. The summed E-state index contributed by atoms with van der Waals surface area (Å²) in [5, 5.41) is 10.5. The van der Waals surface area contributed by atoms with E-state index < -0.39 is 5.97 Å². The predicted molar refractivity (Wildman–Crippen MR) is 81.5 cm³/mol. The van der Waals surface area contributed by atoms with Gasteiger partial charge in [-0.05, 0) is 42.5 Å². The van der Waals surface area contributed by atoms with Gasteiger partial charge in [0.25, 0.3) is 5.91 Å². The van der Waals surface area contributed by atoms with Gasteiger partial charge in [-0.15, -0.1) is 11.3 Å². The van der Waals surface area contributed by atoms with Crippen LogP contribution >= 0.6 is 11.3 Å². The molecule has 0 aromatic carbocycles. The summed E-state index contributed by atoms with van der Waals surface area (Å²) >= 11 is 1.38. The van der Waals surface area contributed by atoms with Gasteiger partial charge < -0.3 is 10.0 Å². The first kappa shape index (κ1) is 14.3. The number of carboxylic acids is 1. The lowest BCUT2D eigenvalue weighted by atomic mass is 10.1. The zero-order chi connectivity index (χ0) is 14.8. The van der Waals surface area contributed by atoms with Crippen molar-refractivity contribution in [2.45, 2.75) is 18.9 Å². The van der Waals surface area contributed by atoms with Gasteiger partial charge in [0.2, 0.25) is 0 Å². The van der Waals surface area contributed by atoms with Gasteiger partial charge in [0.1, 0.15) is 0 Å². The molecular formula is C15H18N2O3S. The number of carboxylic acid groups (broad SMARTS) is 1. The highest BCUT2D eigenvalue weighted by Gasteiger charge is 2.33. The van der Waals surface area contributed by atoms with Crippen LogP contribution in [0, 0.1) is 0 Å². The molecule has 0 bridgehead atoms. The number of fused-ring (bicyclic) bond motifs is 1. The molecule has 0 saturated carbocycles. The maximum absolute atomic E-state index is 12.7. The van der Waals surface area contributed by atoms with Crippen molar-refractivity contribution < 1.29 is 14.7 Å². The van der Waals surface area contributed by atoms with Crippen LogP contribution in [0.25, 0.3) is 6.08 Å². The summed E-state index contributed by atoms with van der Waals surface area (Å²) in [4.78, 5) is 28.3. The Balaban J connectivity index is 1.73. The molecule has 21 heavy (non-hydrogen) atoms. The van der Waals surface area contributed by atoms with E-state index in [2.05, 4.69) is 4.90 Å². The van der Waals surface area contributed by atoms with E-state index in [1.54, 1.807) is 6.07 Å². The normalized spacial score (nSPS) is 22.7. The minimum absolute atomic E-state index is 0.0292. The second-order valence-electron chi connectivity index (χ2n) is 5.46. The minimum atomic E-state index is -1.00. The van der Waals surface area contributed by atoms with Gasteiger partial charge in [0, 0.05) is 31.8 Å². The molecule has 1 atom stereocenters. The van der Waals surface area contributed by atoms with Crippen LogP contribution in [0.1, 0.15) is 28.1 Å². The molecule has 2 aliphatic rings. The molecule has 2 fully saturated rings. The molecule has 1 N–H and O–H groups in total. The van der Waals surface area contributed by atoms with Gasteiger partial charge in [-0.2, -0.15) is 0 Å². The Hall–Kier alpha value is -1.66. The smallest absolute Gasteiger partial charge is 0.328 e. The van der Waals surface area contributed by atoms with Crippen LogP contribution in [-0.4, -0.2) is 59.0 Å². The van der Waals surface area contributed by atoms with Crippen LogP contribution < -0.4 is 0 Å². The molecule has 0 spiro atoms. The van der Waals surface area contributed by atoms with Crippen LogP contribution in [0.4, 0.5) is 0 Å². The fourth-order valence-electron chi connectivity index (χ4n) is 3.10. The topological polar surface area (TPSA) is 60.9 Å². The largest absolute Gasteiger partial charge is 0.478 e. The lowest BCUT2D eigenvalue weighted by Gasteiger charge is -2.37. The summed E-state index contributed by atoms with van der Waals surface area (Å²) in [7, 11) is 0. The monoisotopic (exact) mass is 306 g/mol. The van der Waals surface area contributed by atoms with Crippen LogP contribution in [0.15, 0.2) is 17.5 Å². The summed E-state index contributed by atoms with van der Waals surface area (Å²) in [6, 6.07) is 2.30. The Kier molecular flexibility index (Phi) is 4.07. The van der Waals surface area contributed by atoms with Gasteiger partial charge >= 0.3 is 5.97 Å². The molecule has 5 nitrogen and oxygen atoms in total. The van der Waals surface area contributed by atoms with E-state index in [4.69, 9.17) is 5.11 Å². The maximum atomic E-state index is 12.7. The Morgan fingerprint density at radius 2 is 2.19 bits per heavy atom. The summed E-state index contributed by atoms with van der Waals surface area (Å²) in [5.74, 6) is -0.972. The molecule has 1 amide bonds. The van der Waals surface area contributed by atoms with Crippen molar-refractivity contribution >= 4 is 29.3 Å². The Morgan fingerprint density at radius 3 is 3.00 bits per heavy atom. The number of rotatable bonds is 3. The Labute approximate surface area is 127 Å². The molecule has 2 aliphatic heterocycles. The first-order chi connectivity index (χ1) is 10.1. The third kappa shape index (κ3) is 3.01. The third-order valence-electron chi connectivity index (χ3n) is 4.17. The summed E-state index contributed by atoms with van der Waals surface area (Å²) in [6.45, 7) is 3.65. The Morgan fingerprint density at radius 1 is 1.33 bits per heavy atom. The van der Waals surface area contributed by atoms with Gasteiger partial charge in [0.15, 0.2) is 0 Å². The predicted octanol–water partition coefficient (Wildman–Crippen LogP) is 1.77. The van der Waals surface area contributed by atoms with E-state index in [1.807, 2.05) is 10.3 Å². The minimum Gasteiger partial charge on any atom is -0.478 e. The SMILES string of the molecule is O=C(O)/C=C/c1ccsc1C(=O)N1CCN2CCCC2C1. The van der Waals surface area contributed by atoms with Crippen molar-refractivity contribution in [3.63, 3.8) is 0 Å². The van der Waals surface area contributed by atoms with E-state index in [0.717, 1.165) is 32.3 Å². The fourth-order valence-corrected chi connectivity index (χ4v) is 3.96. The highest BCUT2D eigenvalue weighted by atomic mass is 32.1. The van der Waals surface area contributed by atoms with Gasteiger partial charge in [-0.1, -0.05) is 0 Å². The molecule has 1 unspecified atom stereocenters. The molecule has 2 saturated heterocycles. The number of amides is 1. The standard InChI is InChI=1S/C15H18N2O3S/c18-13(19)4-3-11-5-9-21-14(11)15(20)17-8-7-16-6-1-2-12(16)10-17/h3-5,9,12H,1-2,6-8,10H2,(H,18,19)/b4-3+. The summed E-state index contributed by atoms with van der Waals surface area (Å²) in [5.41, 5.74) is 0.696. The van der Waals surface area contributed by atoms with Crippen LogP contribution in [0.5, 0.6) is 0 Å². The van der Waals surface area contributed by atoms with E-state index >= 15 is 0 Å². The summed E-state index contributed by atoms with van der Waals surface area (Å²) in [6.07, 6.45) is 4.96. The fraction of sp³-hybridized carbons (Fsp3) is 0.467. The van der Waals surface area contributed by atoms with Gasteiger partial charge in [-0.25, -0.2) is 4.79 Å². The number of hydrogen-bond donors (Lipinski definition) is 1. The van der Waals surface area contributed by atoms with Crippen molar-refractivity contribution in [3.05, 3.63) is 28.0 Å². The zero-order valence-corrected chi connectivity index (χ0v) is 12.5. The van der Waals surface area contributed by atoms with Crippen LogP contribution in [0.3, 0.4) is 0 Å². The molecule has 3 rings (SSSR count). The summed E-state index contributed by atoms with van der Waals surface area (Å²) < 4.78 is 0. The second kappa shape index (κ2) is 5.99. The molecule has 0 aliphatic carbocycles. The van der Waals surface area contributed by atoms with Crippen molar-refractivity contribution in [2.24, 2.45) is 0 Å². The van der Waals surface area contributed by atoms with Gasteiger partial charge in [0.05, 0.1) is 4.88 Å². The van der Waals surface area contributed by atoms with Crippen molar-refractivity contribution in [1.29, 1.82) is 0 Å². The number of nitrogens with zero attached hydrogens (tertiary/aromatic N) is 2. The molecule has 6 heteroatoms. The highest BCUT2D eigenvalue weighted by Crippen LogP contribution is 2.25. The second-order valence-corrected chi connectivity index (χ2v) is 6.38. The molecule has 3 heterocycles. The zero-order valence-electron chi connectivity index (χ0n) is 11.7. The average Bonchev–Trinajstić information content (AvgIpc) is 3.12. The van der Waals surface area contributed by atoms with E-state index in [9.17, 15) is 9.59 Å². The lowest BCUT2D eigenvalue weighted by molar-refractivity contribution is -0.131. The van der Waals surface area contributed by atoms with E-state index in [0.29, 0.717) is 16.5 Å². The average molecular weight is 306 g/mol. The Bertz CT molecular complexity index is 581. The van der Waals surface area contributed by atoms with E-state index in [1.165, 1.54) is 30.3 Å². The third-order valence-corrected chi connectivity index (χ3v) is 5.09. The molecule has 1 aromatic rings. The van der Waals surface area contributed by atoms with Crippen molar-refractivity contribution in [2.75, 3.05) is 26.2 Å². The van der Waals surface area contributed by atoms with Crippen molar-refractivity contribution in [1.82, 2.24) is 9.80 Å². The number of carbonyl (C=O) groups is 2. The number of carbonyl (C=O) groups excluding carboxylic acids is 1. The highest BCUT2D eigenvalue weighted by molar-refractivity contribution is 7.12. The van der Waals surface area contributed by atoms with Gasteiger partial charge in [-0.3, -0.25) is 9.69 Å². The molecular weight excluding hydrogens is 288 g/mol. The molecule has 0 radical (unpaired) electrons.